The maximum absolute atomic E-state index is 6.05. The molecule has 3 heteroatoms. The van der Waals surface area contributed by atoms with E-state index in [0.29, 0.717) is 19.1 Å². The Morgan fingerprint density at radius 2 is 1.69 bits per heavy atom. The van der Waals surface area contributed by atoms with Gasteiger partial charge in [0, 0.05) is 6.61 Å². The maximum Gasteiger partial charge on any atom is 0.134 e. The van der Waals surface area contributed by atoms with Gasteiger partial charge in [-0.2, -0.15) is 0 Å². The van der Waals surface area contributed by atoms with Crippen molar-refractivity contribution in [3.05, 3.63) is 0 Å². The lowest BCUT2D eigenvalue weighted by Gasteiger charge is -2.19. The van der Waals surface area contributed by atoms with Crippen LogP contribution in [0.3, 0.4) is 0 Å². The van der Waals surface area contributed by atoms with Crippen LogP contribution in [0.1, 0.15) is 33.6 Å². The Kier molecular flexibility index (Phi) is 8.93. The summed E-state index contributed by atoms with van der Waals surface area (Å²) < 4.78 is 10.6. The van der Waals surface area contributed by atoms with E-state index in [4.69, 9.17) is 21.1 Å². The molecule has 0 saturated heterocycles. The molecule has 13 heavy (non-hydrogen) atoms. The number of ether oxygens (including phenoxy) is 2. The van der Waals surface area contributed by atoms with Crippen LogP contribution < -0.4 is 0 Å². The van der Waals surface area contributed by atoms with Crippen LogP contribution in [-0.4, -0.2) is 25.4 Å². The maximum atomic E-state index is 6.05. The summed E-state index contributed by atoms with van der Waals surface area (Å²) in [6, 6.07) is 0. The highest BCUT2D eigenvalue weighted by atomic mass is 35.5. The fourth-order valence-corrected chi connectivity index (χ4v) is 1.60. The molecule has 0 aromatic rings. The second-order valence-corrected chi connectivity index (χ2v) is 3.43. The number of hydrogen-bond acceptors (Lipinski definition) is 2. The monoisotopic (exact) mass is 208 g/mol. The number of halogens is 1. The van der Waals surface area contributed by atoms with Crippen LogP contribution in [0.25, 0.3) is 0 Å². The normalized spacial score (nSPS) is 13.6. The van der Waals surface area contributed by atoms with Crippen molar-refractivity contribution in [1.29, 1.82) is 0 Å². The molecule has 0 rings (SSSR count). The van der Waals surface area contributed by atoms with E-state index in [1.807, 2.05) is 6.92 Å². The van der Waals surface area contributed by atoms with Gasteiger partial charge in [0.05, 0.1) is 13.2 Å². The molecule has 0 radical (unpaired) electrons. The van der Waals surface area contributed by atoms with Gasteiger partial charge in [-0.1, -0.05) is 25.4 Å². The van der Waals surface area contributed by atoms with Crippen molar-refractivity contribution in [3.63, 3.8) is 0 Å². The Morgan fingerprint density at radius 3 is 2.15 bits per heavy atom. The Morgan fingerprint density at radius 1 is 1.08 bits per heavy atom. The number of hydrogen-bond donors (Lipinski definition) is 0. The van der Waals surface area contributed by atoms with Crippen molar-refractivity contribution >= 4 is 11.6 Å². The second kappa shape index (κ2) is 8.79. The summed E-state index contributed by atoms with van der Waals surface area (Å²) in [4.78, 5) is 0. The van der Waals surface area contributed by atoms with E-state index in [0.717, 1.165) is 19.4 Å². The molecule has 2 nitrogen and oxygen atoms in total. The first kappa shape index (κ1) is 13.2. The molecule has 1 atom stereocenters. The molecule has 0 spiro atoms. The Hall–Kier alpha value is 0.210. The fraction of sp³-hybridized carbons (Fsp3) is 1.00. The molecule has 0 bridgehead atoms. The molecule has 0 heterocycles. The van der Waals surface area contributed by atoms with Crippen LogP contribution in [0.15, 0.2) is 0 Å². The second-order valence-electron chi connectivity index (χ2n) is 3.00. The van der Waals surface area contributed by atoms with Gasteiger partial charge in [0.15, 0.2) is 0 Å². The van der Waals surface area contributed by atoms with Crippen LogP contribution in [0.5, 0.6) is 0 Å². The molecule has 0 aromatic carbocycles. The van der Waals surface area contributed by atoms with Gasteiger partial charge in [-0.15, -0.1) is 0 Å². The molecule has 1 unspecified atom stereocenters. The molecule has 0 aliphatic heterocycles. The quantitative estimate of drug-likeness (QED) is 0.451. The molecule has 80 valence electrons. The summed E-state index contributed by atoms with van der Waals surface area (Å²) in [6.07, 6.45) is 2.14. The van der Waals surface area contributed by atoms with Gasteiger partial charge in [0.1, 0.15) is 5.56 Å². The first-order chi connectivity index (χ1) is 6.26. The first-order valence-corrected chi connectivity index (χ1v) is 5.53. The van der Waals surface area contributed by atoms with Crippen molar-refractivity contribution in [2.75, 3.05) is 19.8 Å². The van der Waals surface area contributed by atoms with Crippen molar-refractivity contribution < 1.29 is 9.47 Å². The van der Waals surface area contributed by atoms with Gasteiger partial charge in [-0.25, -0.2) is 0 Å². The molecule has 0 N–H and O–H groups in total. The van der Waals surface area contributed by atoms with Gasteiger partial charge >= 0.3 is 0 Å². The summed E-state index contributed by atoms with van der Waals surface area (Å²) in [5.74, 6) is 0.461. The smallest absolute Gasteiger partial charge is 0.134 e. The zero-order chi connectivity index (χ0) is 10.1. The molecule has 0 amide bonds. The number of rotatable bonds is 8. The molecule has 0 aliphatic rings. The van der Waals surface area contributed by atoms with Crippen molar-refractivity contribution in [1.82, 2.24) is 0 Å². The third-order valence-corrected chi connectivity index (χ3v) is 2.61. The summed E-state index contributed by atoms with van der Waals surface area (Å²) in [6.45, 7) is 8.21. The Balaban J connectivity index is 3.42. The van der Waals surface area contributed by atoms with E-state index in [1.165, 1.54) is 0 Å². The minimum absolute atomic E-state index is 0.157. The van der Waals surface area contributed by atoms with Gasteiger partial charge in [0.25, 0.3) is 0 Å². The van der Waals surface area contributed by atoms with Crippen LogP contribution >= 0.6 is 11.6 Å². The van der Waals surface area contributed by atoms with E-state index in [1.54, 1.807) is 0 Å². The van der Waals surface area contributed by atoms with Crippen LogP contribution in [0.4, 0.5) is 0 Å². The topological polar surface area (TPSA) is 18.5 Å². The van der Waals surface area contributed by atoms with Gasteiger partial charge in [-0.05, 0) is 25.7 Å². The largest absolute Gasteiger partial charge is 0.379 e. The summed E-state index contributed by atoms with van der Waals surface area (Å²) >= 11 is 6.05. The van der Waals surface area contributed by atoms with Gasteiger partial charge in [-0.3, -0.25) is 0 Å². The van der Waals surface area contributed by atoms with Crippen molar-refractivity contribution in [3.8, 4) is 0 Å². The summed E-state index contributed by atoms with van der Waals surface area (Å²) in [7, 11) is 0. The first-order valence-electron chi connectivity index (χ1n) is 5.09. The van der Waals surface area contributed by atoms with E-state index in [2.05, 4.69) is 13.8 Å². The Labute approximate surface area is 86.6 Å². The zero-order valence-electron chi connectivity index (χ0n) is 8.88. The van der Waals surface area contributed by atoms with E-state index >= 15 is 0 Å². The Bertz CT molecular complexity index is 105. The third kappa shape index (κ3) is 6.30. The molecular weight excluding hydrogens is 188 g/mol. The molecule has 0 fully saturated rings. The third-order valence-electron chi connectivity index (χ3n) is 2.13. The van der Waals surface area contributed by atoms with Crippen molar-refractivity contribution in [2.45, 2.75) is 39.2 Å². The SMILES string of the molecule is CCOCCOC(Cl)C(CC)CC. The van der Waals surface area contributed by atoms with Crippen LogP contribution in [-0.2, 0) is 9.47 Å². The lowest BCUT2D eigenvalue weighted by atomic mass is 10.1. The average Bonchev–Trinajstić information content (AvgIpc) is 2.14. The van der Waals surface area contributed by atoms with E-state index in [9.17, 15) is 0 Å². The van der Waals surface area contributed by atoms with Crippen molar-refractivity contribution in [2.24, 2.45) is 5.92 Å². The minimum Gasteiger partial charge on any atom is -0.379 e. The average molecular weight is 209 g/mol. The summed E-state index contributed by atoms with van der Waals surface area (Å²) in [5, 5.41) is 0. The van der Waals surface area contributed by atoms with E-state index < -0.39 is 0 Å². The zero-order valence-corrected chi connectivity index (χ0v) is 9.64. The number of alkyl halides is 1. The predicted octanol–water partition coefficient (Wildman–Crippen LogP) is 3.04. The van der Waals surface area contributed by atoms with Gasteiger partial charge in [0.2, 0.25) is 0 Å². The highest BCUT2D eigenvalue weighted by Crippen LogP contribution is 2.19. The summed E-state index contributed by atoms with van der Waals surface area (Å²) in [5.41, 5.74) is -0.157. The van der Waals surface area contributed by atoms with Crippen LogP contribution in [0, 0.1) is 5.92 Å². The standard InChI is InChI=1S/C10H21ClO2/c1-4-9(5-2)10(11)13-8-7-12-6-3/h9-10H,4-8H2,1-3H3. The lowest BCUT2D eigenvalue weighted by molar-refractivity contribution is 0.0170. The van der Waals surface area contributed by atoms with Gasteiger partial charge < -0.3 is 9.47 Å². The lowest BCUT2D eigenvalue weighted by Crippen LogP contribution is -2.19. The van der Waals surface area contributed by atoms with Crippen LogP contribution in [0.2, 0.25) is 0 Å². The molecule has 0 aromatic heterocycles. The molecular formula is C10H21ClO2. The van der Waals surface area contributed by atoms with E-state index in [-0.39, 0.29) is 5.56 Å². The molecule has 0 saturated carbocycles. The minimum atomic E-state index is -0.157. The fourth-order valence-electron chi connectivity index (χ4n) is 1.16. The molecule has 0 aliphatic carbocycles. The highest BCUT2D eigenvalue weighted by Gasteiger charge is 2.15. The highest BCUT2D eigenvalue weighted by molar-refractivity contribution is 6.19. The predicted molar refractivity (Wildman–Crippen MR) is 56.2 cm³/mol.